The standard InChI is InChI=1S/C12H17F2N3O3S/c1-12(3-2-4-12)16-11(18)9-5-8(21(15,19)20)6-17(9)7-10(13)14/h5-6,10H,2-4,7H2,1H3,(H,16,18)(H2,15,19,20). The van der Waals surface area contributed by atoms with Crippen molar-refractivity contribution in [3.8, 4) is 0 Å². The number of nitrogens with one attached hydrogen (secondary N) is 1. The third kappa shape index (κ3) is 3.59. The third-order valence-corrected chi connectivity index (χ3v) is 4.52. The lowest BCUT2D eigenvalue weighted by atomic mass is 9.78. The van der Waals surface area contributed by atoms with Gasteiger partial charge in [0, 0.05) is 11.7 Å². The molecule has 1 aromatic rings. The topological polar surface area (TPSA) is 94.2 Å². The van der Waals surface area contributed by atoms with Gasteiger partial charge in [-0.05, 0) is 32.3 Å². The van der Waals surface area contributed by atoms with E-state index in [0.717, 1.165) is 36.1 Å². The summed E-state index contributed by atoms with van der Waals surface area (Å²) >= 11 is 0. The van der Waals surface area contributed by atoms with Gasteiger partial charge in [0.25, 0.3) is 12.3 Å². The zero-order valence-electron chi connectivity index (χ0n) is 11.5. The Hall–Kier alpha value is -1.48. The minimum absolute atomic E-state index is 0.132. The molecule has 0 bridgehead atoms. The van der Waals surface area contributed by atoms with Crippen LogP contribution in [0.25, 0.3) is 0 Å². The van der Waals surface area contributed by atoms with Crippen LogP contribution in [0.15, 0.2) is 17.2 Å². The number of hydrogen-bond donors (Lipinski definition) is 2. The van der Waals surface area contributed by atoms with Gasteiger partial charge in [-0.3, -0.25) is 4.79 Å². The van der Waals surface area contributed by atoms with Gasteiger partial charge in [0.2, 0.25) is 10.0 Å². The number of carbonyl (C=O) groups is 1. The molecule has 1 heterocycles. The number of carbonyl (C=O) groups excluding carboxylic acids is 1. The van der Waals surface area contributed by atoms with Crippen molar-refractivity contribution >= 4 is 15.9 Å². The molecule has 1 fully saturated rings. The van der Waals surface area contributed by atoms with Gasteiger partial charge in [-0.2, -0.15) is 0 Å². The lowest BCUT2D eigenvalue weighted by Gasteiger charge is -2.39. The molecule has 3 N–H and O–H groups in total. The molecule has 1 aromatic heterocycles. The molecule has 0 radical (unpaired) electrons. The fraction of sp³-hybridized carbons (Fsp3) is 0.583. The van der Waals surface area contributed by atoms with Crippen molar-refractivity contribution in [1.82, 2.24) is 9.88 Å². The van der Waals surface area contributed by atoms with Crippen molar-refractivity contribution in [3.63, 3.8) is 0 Å². The SMILES string of the molecule is CC1(NC(=O)c2cc(S(N)(=O)=O)cn2CC(F)F)CCC1. The zero-order chi connectivity index (χ0) is 15.8. The minimum Gasteiger partial charge on any atom is -0.346 e. The molecular formula is C12H17F2N3O3S. The van der Waals surface area contributed by atoms with Gasteiger partial charge in [-0.15, -0.1) is 0 Å². The number of aromatic nitrogens is 1. The van der Waals surface area contributed by atoms with Gasteiger partial charge in [0.1, 0.15) is 10.6 Å². The van der Waals surface area contributed by atoms with Gasteiger partial charge in [-0.1, -0.05) is 0 Å². The summed E-state index contributed by atoms with van der Waals surface area (Å²) in [4.78, 5) is 11.8. The predicted molar refractivity (Wildman–Crippen MR) is 71.5 cm³/mol. The van der Waals surface area contributed by atoms with Gasteiger partial charge in [0.05, 0.1) is 6.54 Å². The van der Waals surface area contributed by atoms with Gasteiger partial charge < -0.3 is 9.88 Å². The van der Waals surface area contributed by atoms with E-state index in [9.17, 15) is 22.0 Å². The Morgan fingerprint density at radius 2 is 2.14 bits per heavy atom. The first-order valence-electron chi connectivity index (χ1n) is 6.44. The number of amides is 1. The van der Waals surface area contributed by atoms with E-state index in [0.29, 0.717) is 0 Å². The van der Waals surface area contributed by atoms with Crippen LogP contribution in [0.3, 0.4) is 0 Å². The van der Waals surface area contributed by atoms with E-state index >= 15 is 0 Å². The Kier molecular flexibility index (Phi) is 4.07. The fourth-order valence-corrected chi connectivity index (χ4v) is 2.85. The molecule has 2 rings (SSSR count). The second kappa shape index (κ2) is 5.38. The number of alkyl halides is 2. The smallest absolute Gasteiger partial charge is 0.268 e. The lowest BCUT2D eigenvalue weighted by molar-refractivity contribution is 0.0830. The molecule has 6 nitrogen and oxygen atoms in total. The molecule has 0 saturated heterocycles. The lowest BCUT2D eigenvalue weighted by Crippen LogP contribution is -2.51. The Bertz CT molecular complexity index is 651. The zero-order valence-corrected chi connectivity index (χ0v) is 12.3. The summed E-state index contributed by atoms with van der Waals surface area (Å²) < 4.78 is 48.6. The highest BCUT2D eigenvalue weighted by molar-refractivity contribution is 7.89. The van der Waals surface area contributed by atoms with Crippen molar-refractivity contribution < 1.29 is 22.0 Å². The molecular weight excluding hydrogens is 304 g/mol. The fourth-order valence-electron chi connectivity index (χ4n) is 2.30. The number of nitrogens with two attached hydrogens (primary N) is 1. The average molecular weight is 321 g/mol. The summed E-state index contributed by atoms with van der Waals surface area (Å²) in [5.74, 6) is -0.576. The van der Waals surface area contributed by atoms with E-state index in [2.05, 4.69) is 5.32 Å². The minimum atomic E-state index is -4.05. The summed E-state index contributed by atoms with van der Waals surface area (Å²) in [6.07, 6.45) is 0.834. The Labute approximate surface area is 121 Å². The molecule has 0 aliphatic heterocycles. The average Bonchev–Trinajstić information content (AvgIpc) is 2.69. The first kappa shape index (κ1) is 15.9. The first-order valence-corrected chi connectivity index (χ1v) is 7.99. The van der Waals surface area contributed by atoms with Crippen molar-refractivity contribution in [3.05, 3.63) is 18.0 Å². The van der Waals surface area contributed by atoms with E-state index in [1.54, 1.807) is 0 Å². The van der Waals surface area contributed by atoms with Crippen molar-refractivity contribution in [1.29, 1.82) is 0 Å². The third-order valence-electron chi connectivity index (χ3n) is 3.64. The number of rotatable bonds is 5. The van der Waals surface area contributed by atoms with Crippen LogP contribution in [0.4, 0.5) is 8.78 Å². The molecule has 0 atom stereocenters. The van der Waals surface area contributed by atoms with Crippen molar-refractivity contribution in [2.24, 2.45) is 5.14 Å². The normalized spacial score (nSPS) is 17.6. The molecule has 0 spiro atoms. The molecule has 0 unspecified atom stereocenters. The molecule has 1 saturated carbocycles. The van der Waals surface area contributed by atoms with Gasteiger partial charge >= 0.3 is 0 Å². The molecule has 1 aliphatic rings. The second-order valence-corrected chi connectivity index (χ2v) is 7.08. The van der Waals surface area contributed by atoms with Crippen molar-refractivity contribution in [2.75, 3.05) is 0 Å². The summed E-state index contributed by atoms with van der Waals surface area (Å²) in [6, 6.07) is 1.02. The van der Waals surface area contributed by atoms with Crippen LogP contribution in [-0.4, -0.2) is 30.9 Å². The molecule has 1 amide bonds. The van der Waals surface area contributed by atoms with Crippen molar-refractivity contribution in [2.45, 2.75) is 49.6 Å². The quantitative estimate of drug-likeness (QED) is 0.849. The van der Waals surface area contributed by atoms with E-state index in [-0.39, 0.29) is 16.1 Å². The highest BCUT2D eigenvalue weighted by Crippen LogP contribution is 2.31. The maximum absolute atomic E-state index is 12.6. The Morgan fingerprint density at radius 3 is 2.57 bits per heavy atom. The van der Waals surface area contributed by atoms with Gasteiger partial charge in [0.15, 0.2) is 0 Å². The maximum Gasteiger partial charge on any atom is 0.268 e. The van der Waals surface area contributed by atoms with Crippen LogP contribution >= 0.6 is 0 Å². The number of sulfonamides is 1. The molecule has 118 valence electrons. The summed E-state index contributed by atoms with van der Waals surface area (Å²) in [5, 5.41) is 7.72. The van der Waals surface area contributed by atoms with E-state index in [4.69, 9.17) is 5.14 Å². The highest BCUT2D eigenvalue weighted by Gasteiger charge is 2.34. The molecule has 1 aliphatic carbocycles. The maximum atomic E-state index is 12.6. The van der Waals surface area contributed by atoms with Gasteiger partial charge in [-0.25, -0.2) is 22.3 Å². The Balaban J connectivity index is 2.31. The van der Waals surface area contributed by atoms with Crippen LogP contribution < -0.4 is 10.5 Å². The van der Waals surface area contributed by atoms with Crippen LogP contribution in [0, 0.1) is 0 Å². The molecule has 21 heavy (non-hydrogen) atoms. The van der Waals surface area contributed by atoms with E-state index < -0.39 is 28.9 Å². The van der Waals surface area contributed by atoms with E-state index in [1.807, 2.05) is 6.92 Å². The largest absolute Gasteiger partial charge is 0.346 e. The molecule has 9 heteroatoms. The van der Waals surface area contributed by atoms with Crippen LogP contribution in [0.2, 0.25) is 0 Å². The summed E-state index contributed by atoms with van der Waals surface area (Å²) in [7, 11) is -4.05. The number of nitrogens with zero attached hydrogens (tertiary/aromatic N) is 1. The number of halogens is 2. The second-order valence-electron chi connectivity index (χ2n) is 5.52. The predicted octanol–water partition coefficient (Wildman–Crippen LogP) is 1.07. The highest BCUT2D eigenvalue weighted by atomic mass is 32.2. The first-order chi connectivity index (χ1) is 9.61. The summed E-state index contributed by atoms with van der Waals surface area (Å²) in [6.45, 7) is 1.09. The molecule has 0 aromatic carbocycles. The Morgan fingerprint density at radius 1 is 1.52 bits per heavy atom. The number of hydrogen-bond acceptors (Lipinski definition) is 3. The van der Waals surface area contributed by atoms with Crippen LogP contribution in [-0.2, 0) is 16.6 Å². The monoisotopic (exact) mass is 321 g/mol. The van der Waals surface area contributed by atoms with Crippen LogP contribution in [0.1, 0.15) is 36.7 Å². The summed E-state index contributed by atoms with van der Waals surface area (Å²) in [5.41, 5.74) is -0.494. The van der Waals surface area contributed by atoms with E-state index in [1.165, 1.54) is 0 Å². The number of primary sulfonamides is 1. The van der Waals surface area contributed by atoms with Crippen LogP contribution in [0.5, 0.6) is 0 Å².